The molecule has 0 spiro atoms. The average Bonchev–Trinajstić information content (AvgIpc) is 2.35. The standard InChI is InChI=1S/C14H13F3N2O2/c15-14(16,17)9-19(8-13(20)21)7-11-6-5-10-3-1-2-4-12(10)18-11/h1-6H,7-9H2,(H,20,21). The lowest BCUT2D eigenvalue weighted by molar-refractivity contribution is -0.154. The van der Waals surface area contributed by atoms with Crippen LogP contribution in [0.25, 0.3) is 10.9 Å². The molecule has 0 amide bonds. The summed E-state index contributed by atoms with van der Waals surface area (Å²) in [5, 5.41) is 9.58. The van der Waals surface area contributed by atoms with Crippen molar-refractivity contribution >= 4 is 16.9 Å². The normalized spacial score (nSPS) is 12.0. The molecule has 0 aliphatic carbocycles. The molecule has 112 valence electrons. The van der Waals surface area contributed by atoms with Crippen molar-refractivity contribution in [3.63, 3.8) is 0 Å². The molecular weight excluding hydrogens is 285 g/mol. The Morgan fingerprint density at radius 3 is 2.57 bits per heavy atom. The van der Waals surface area contributed by atoms with Gasteiger partial charge in [-0.15, -0.1) is 0 Å². The van der Waals surface area contributed by atoms with E-state index < -0.39 is 25.2 Å². The summed E-state index contributed by atoms with van der Waals surface area (Å²) in [6.45, 7) is -2.14. The van der Waals surface area contributed by atoms with Gasteiger partial charge in [-0.1, -0.05) is 24.3 Å². The summed E-state index contributed by atoms with van der Waals surface area (Å²) < 4.78 is 37.4. The largest absolute Gasteiger partial charge is 0.480 e. The number of carbonyl (C=O) groups is 1. The highest BCUT2D eigenvalue weighted by Gasteiger charge is 2.31. The third-order valence-corrected chi connectivity index (χ3v) is 2.80. The molecule has 4 nitrogen and oxygen atoms in total. The van der Waals surface area contributed by atoms with E-state index in [0.29, 0.717) is 11.2 Å². The van der Waals surface area contributed by atoms with Gasteiger partial charge in [0.25, 0.3) is 0 Å². The molecule has 1 aromatic heterocycles. The molecule has 1 N–H and O–H groups in total. The van der Waals surface area contributed by atoms with Crippen LogP contribution in [0.2, 0.25) is 0 Å². The first-order chi connectivity index (χ1) is 9.83. The van der Waals surface area contributed by atoms with Crippen LogP contribution in [-0.4, -0.2) is 40.2 Å². The number of fused-ring (bicyclic) bond motifs is 1. The maximum Gasteiger partial charge on any atom is 0.401 e. The highest BCUT2D eigenvalue weighted by molar-refractivity contribution is 5.78. The van der Waals surface area contributed by atoms with Crippen molar-refractivity contribution in [2.75, 3.05) is 13.1 Å². The summed E-state index contributed by atoms with van der Waals surface area (Å²) in [5.74, 6) is -1.31. The molecule has 7 heteroatoms. The van der Waals surface area contributed by atoms with E-state index in [1.54, 1.807) is 24.3 Å². The average molecular weight is 298 g/mol. The first-order valence-corrected chi connectivity index (χ1v) is 6.19. The second-order valence-corrected chi connectivity index (χ2v) is 4.65. The minimum absolute atomic E-state index is 0.170. The fraction of sp³-hybridized carbons (Fsp3) is 0.286. The Labute approximate surface area is 118 Å². The summed E-state index contributed by atoms with van der Waals surface area (Å²) in [4.78, 5) is 15.7. The fourth-order valence-corrected chi connectivity index (χ4v) is 2.04. The van der Waals surface area contributed by atoms with E-state index in [4.69, 9.17) is 5.11 Å². The summed E-state index contributed by atoms with van der Waals surface area (Å²) in [6.07, 6.45) is -4.45. The zero-order valence-electron chi connectivity index (χ0n) is 11.0. The van der Waals surface area contributed by atoms with Crippen LogP contribution in [0.5, 0.6) is 0 Å². The number of aliphatic carboxylic acids is 1. The van der Waals surface area contributed by atoms with E-state index in [9.17, 15) is 18.0 Å². The van der Waals surface area contributed by atoms with Crippen molar-refractivity contribution in [3.8, 4) is 0 Å². The van der Waals surface area contributed by atoms with Gasteiger partial charge in [0.2, 0.25) is 0 Å². The lowest BCUT2D eigenvalue weighted by Gasteiger charge is -2.21. The van der Waals surface area contributed by atoms with E-state index >= 15 is 0 Å². The van der Waals surface area contributed by atoms with Crippen LogP contribution in [0.15, 0.2) is 36.4 Å². The number of rotatable bonds is 5. The van der Waals surface area contributed by atoms with Gasteiger partial charge < -0.3 is 5.11 Å². The highest BCUT2D eigenvalue weighted by atomic mass is 19.4. The number of benzene rings is 1. The van der Waals surface area contributed by atoms with Crippen LogP contribution in [0.4, 0.5) is 13.2 Å². The van der Waals surface area contributed by atoms with Gasteiger partial charge in [-0.3, -0.25) is 14.7 Å². The van der Waals surface area contributed by atoms with Crippen LogP contribution < -0.4 is 0 Å². The number of carboxylic acids is 1. The van der Waals surface area contributed by atoms with E-state index in [1.807, 2.05) is 12.1 Å². The first-order valence-electron chi connectivity index (χ1n) is 6.19. The number of carboxylic acid groups (broad SMARTS) is 1. The molecule has 0 atom stereocenters. The lowest BCUT2D eigenvalue weighted by atomic mass is 10.2. The molecule has 1 aromatic carbocycles. The molecule has 2 rings (SSSR count). The zero-order chi connectivity index (χ0) is 15.5. The highest BCUT2D eigenvalue weighted by Crippen LogP contribution is 2.18. The van der Waals surface area contributed by atoms with Crippen LogP contribution in [0.3, 0.4) is 0 Å². The zero-order valence-corrected chi connectivity index (χ0v) is 11.0. The van der Waals surface area contributed by atoms with E-state index in [2.05, 4.69) is 4.98 Å². The third-order valence-electron chi connectivity index (χ3n) is 2.80. The third kappa shape index (κ3) is 4.71. The molecule has 0 fully saturated rings. The Morgan fingerprint density at radius 2 is 1.90 bits per heavy atom. The number of para-hydroxylation sites is 1. The molecule has 0 saturated carbocycles. The van der Waals surface area contributed by atoms with Gasteiger partial charge in [0, 0.05) is 11.9 Å². The summed E-state index contributed by atoms with van der Waals surface area (Å²) in [6, 6.07) is 10.6. The van der Waals surface area contributed by atoms with Gasteiger partial charge in [-0.2, -0.15) is 13.2 Å². The Balaban J connectivity index is 2.18. The SMILES string of the molecule is O=C(O)CN(Cc1ccc2ccccc2n1)CC(F)(F)F. The number of aromatic nitrogens is 1. The Morgan fingerprint density at radius 1 is 1.19 bits per heavy atom. The topological polar surface area (TPSA) is 53.4 Å². The summed E-state index contributed by atoms with van der Waals surface area (Å²) in [7, 11) is 0. The number of hydrogen-bond donors (Lipinski definition) is 1. The number of hydrogen-bond acceptors (Lipinski definition) is 3. The van der Waals surface area contributed by atoms with Gasteiger partial charge in [-0.05, 0) is 12.1 Å². The number of pyridine rings is 1. The predicted octanol–water partition coefficient (Wildman–Crippen LogP) is 2.68. The molecule has 0 saturated heterocycles. The number of halogens is 3. The smallest absolute Gasteiger partial charge is 0.401 e. The van der Waals surface area contributed by atoms with Crippen molar-refractivity contribution in [2.45, 2.75) is 12.7 Å². The molecule has 0 bridgehead atoms. The summed E-state index contributed by atoms with van der Waals surface area (Å²) in [5.41, 5.74) is 1.07. The minimum Gasteiger partial charge on any atom is -0.480 e. The van der Waals surface area contributed by atoms with Crippen LogP contribution in [-0.2, 0) is 11.3 Å². The predicted molar refractivity (Wildman–Crippen MR) is 70.7 cm³/mol. The van der Waals surface area contributed by atoms with Crippen molar-refractivity contribution in [2.24, 2.45) is 0 Å². The molecule has 0 aliphatic heterocycles. The molecular formula is C14H13F3N2O2. The van der Waals surface area contributed by atoms with Gasteiger partial charge in [0.05, 0.1) is 24.3 Å². The number of nitrogens with zero attached hydrogens (tertiary/aromatic N) is 2. The van der Waals surface area contributed by atoms with E-state index in [1.165, 1.54) is 0 Å². The minimum atomic E-state index is -4.45. The van der Waals surface area contributed by atoms with Gasteiger partial charge in [-0.25, -0.2) is 0 Å². The van der Waals surface area contributed by atoms with Crippen molar-refractivity contribution < 1.29 is 23.1 Å². The second-order valence-electron chi connectivity index (χ2n) is 4.65. The molecule has 0 radical (unpaired) electrons. The summed E-state index contributed by atoms with van der Waals surface area (Å²) >= 11 is 0. The second kappa shape index (κ2) is 6.09. The first kappa shape index (κ1) is 15.2. The van der Waals surface area contributed by atoms with Crippen LogP contribution in [0.1, 0.15) is 5.69 Å². The number of alkyl halides is 3. The molecule has 0 unspecified atom stereocenters. The van der Waals surface area contributed by atoms with Crippen LogP contribution >= 0.6 is 0 Å². The van der Waals surface area contributed by atoms with Gasteiger partial charge >= 0.3 is 12.1 Å². The monoisotopic (exact) mass is 298 g/mol. The molecule has 21 heavy (non-hydrogen) atoms. The lowest BCUT2D eigenvalue weighted by Crippen LogP contribution is -2.37. The molecule has 2 aromatic rings. The van der Waals surface area contributed by atoms with Crippen LogP contribution in [0, 0.1) is 0 Å². The molecule has 0 aliphatic rings. The Kier molecular flexibility index (Phi) is 4.42. The Hall–Kier alpha value is -2.15. The van der Waals surface area contributed by atoms with Gasteiger partial charge in [0.15, 0.2) is 0 Å². The molecule has 1 heterocycles. The van der Waals surface area contributed by atoms with Crippen molar-refractivity contribution in [1.82, 2.24) is 9.88 Å². The van der Waals surface area contributed by atoms with Gasteiger partial charge in [0.1, 0.15) is 0 Å². The van der Waals surface area contributed by atoms with Crippen molar-refractivity contribution in [3.05, 3.63) is 42.1 Å². The fourth-order valence-electron chi connectivity index (χ4n) is 2.04. The van der Waals surface area contributed by atoms with E-state index in [0.717, 1.165) is 10.3 Å². The maximum atomic E-state index is 12.5. The van der Waals surface area contributed by atoms with Crippen molar-refractivity contribution in [1.29, 1.82) is 0 Å². The van der Waals surface area contributed by atoms with E-state index in [-0.39, 0.29) is 6.54 Å². The maximum absolute atomic E-state index is 12.5. The quantitative estimate of drug-likeness (QED) is 0.922. The Bertz CT molecular complexity index is 643.